The lowest BCUT2D eigenvalue weighted by atomic mass is 9.89. The van der Waals surface area contributed by atoms with Crippen LogP contribution in [-0.4, -0.2) is 44.2 Å². The average molecular weight is 425 g/mol. The summed E-state index contributed by atoms with van der Waals surface area (Å²) in [6.07, 6.45) is 4.39. The molecule has 31 heavy (non-hydrogen) atoms. The summed E-state index contributed by atoms with van der Waals surface area (Å²) in [6, 6.07) is 8.57. The quantitative estimate of drug-likeness (QED) is 0.572. The maximum Gasteiger partial charge on any atom is 0.328 e. The fourth-order valence-electron chi connectivity index (χ4n) is 4.41. The number of alkyl halides is 1. The van der Waals surface area contributed by atoms with Gasteiger partial charge in [-0.3, -0.25) is 9.88 Å². The van der Waals surface area contributed by atoms with Crippen molar-refractivity contribution in [2.24, 2.45) is 0 Å². The Morgan fingerprint density at radius 2 is 2.13 bits per heavy atom. The zero-order valence-corrected chi connectivity index (χ0v) is 17.7. The summed E-state index contributed by atoms with van der Waals surface area (Å²) in [7, 11) is 0. The fraction of sp³-hybridized carbons (Fsp3) is 0.333. The summed E-state index contributed by atoms with van der Waals surface area (Å²) in [5.41, 5.74) is 1.93. The number of pyridine rings is 1. The van der Waals surface area contributed by atoms with Gasteiger partial charge in [0.05, 0.1) is 11.7 Å². The van der Waals surface area contributed by atoms with E-state index in [0.29, 0.717) is 12.0 Å². The summed E-state index contributed by atoms with van der Waals surface area (Å²) < 4.78 is 30.0. The third kappa shape index (κ3) is 4.23. The molecular formula is C24H25F2N3O2. The summed E-state index contributed by atoms with van der Waals surface area (Å²) in [4.78, 5) is 20.5. The van der Waals surface area contributed by atoms with Crippen LogP contribution in [0.1, 0.15) is 49.3 Å². The van der Waals surface area contributed by atoms with Gasteiger partial charge in [0.1, 0.15) is 11.5 Å². The predicted octanol–water partition coefficient (Wildman–Crippen LogP) is 4.88. The number of aromatic nitrogens is 2. The number of fused-ring (bicyclic) bond motifs is 3. The van der Waals surface area contributed by atoms with E-state index < -0.39 is 23.5 Å². The molecule has 0 bridgehead atoms. The van der Waals surface area contributed by atoms with Gasteiger partial charge in [-0.1, -0.05) is 18.2 Å². The second-order valence-corrected chi connectivity index (χ2v) is 8.72. The van der Waals surface area contributed by atoms with E-state index in [9.17, 15) is 9.18 Å². The first kappa shape index (κ1) is 21.2. The van der Waals surface area contributed by atoms with E-state index in [-0.39, 0.29) is 18.3 Å². The van der Waals surface area contributed by atoms with Crippen molar-refractivity contribution in [1.29, 1.82) is 0 Å². The minimum Gasteiger partial charge on any atom is -0.478 e. The SMILES string of the molecule is C[C@@H]1Cc2c([nH]c3ccccc23)[C@@H](c2ncc(/C=C/C(=O)O)cc2F)N1CC(C)(C)F. The lowest BCUT2D eigenvalue weighted by Crippen LogP contribution is -2.48. The van der Waals surface area contributed by atoms with Crippen LogP contribution in [0.25, 0.3) is 17.0 Å². The van der Waals surface area contributed by atoms with Crippen LogP contribution in [0.2, 0.25) is 0 Å². The number of nitrogens with one attached hydrogen (secondary N) is 1. The number of carbonyl (C=O) groups is 1. The van der Waals surface area contributed by atoms with Crippen LogP contribution in [-0.2, 0) is 11.2 Å². The maximum atomic E-state index is 15.3. The monoisotopic (exact) mass is 425 g/mol. The Balaban J connectivity index is 1.86. The summed E-state index contributed by atoms with van der Waals surface area (Å²) >= 11 is 0. The number of nitrogens with zero attached hydrogens (tertiary/aromatic N) is 2. The largest absolute Gasteiger partial charge is 0.478 e. The Bertz CT molecular complexity index is 1160. The van der Waals surface area contributed by atoms with Crippen LogP contribution in [0, 0.1) is 5.82 Å². The summed E-state index contributed by atoms with van der Waals surface area (Å²) in [5, 5.41) is 9.88. The predicted molar refractivity (Wildman–Crippen MR) is 116 cm³/mol. The van der Waals surface area contributed by atoms with Gasteiger partial charge >= 0.3 is 5.97 Å². The van der Waals surface area contributed by atoms with E-state index in [1.165, 1.54) is 32.2 Å². The van der Waals surface area contributed by atoms with Gasteiger partial charge in [0, 0.05) is 41.5 Å². The molecule has 0 radical (unpaired) electrons. The Morgan fingerprint density at radius 1 is 1.39 bits per heavy atom. The van der Waals surface area contributed by atoms with E-state index in [2.05, 4.69) is 9.97 Å². The van der Waals surface area contributed by atoms with Gasteiger partial charge in [-0.2, -0.15) is 0 Å². The molecule has 0 aliphatic carbocycles. The molecule has 4 rings (SSSR count). The highest BCUT2D eigenvalue weighted by atomic mass is 19.1. The van der Waals surface area contributed by atoms with Gasteiger partial charge in [0.2, 0.25) is 0 Å². The van der Waals surface area contributed by atoms with Crippen molar-refractivity contribution in [3.63, 3.8) is 0 Å². The minimum absolute atomic E-state index is 0.0282. The van der Waals surface area contributed by atoms with Gasteiger partial charge in [-0.25, -0.2) is 13.6 Å². The second kappa shape index (κ2) is 7.89. The first-order valence-corrected chi connectivity index (χ1v) is 10.2. The van der Waals surface area contributed by atoms with Gasteiger partial charge in [0.15, 0.2) is 0 Å². The number of aromatic amines is 1. The van der Waals surface area contributed by atoms with Crippen LogP contribution in [0.3, 0.4) is 0 Å². The van der Waals surface area contributed by atoms with Crippen molar-refractivity contribution in [3.05, 3.63) is 70.9 Å². The van der Waals surface area contributed by atoms with Gasteiger partial charge in [-0.15, -0.1) is 0 Å². The Labute approximate surface area is 179 Å². The van der Waals surface area contributed by atoms with Crippen molar-refractivity contribution < 1.29 is 18.7 Å². The number of para-hydroxylation sites is 1. The number of hydrogen-bond donors (Lipinski definition) is 2. The molecule has 0 amide bonds. The molecule has 5 nitrogen and oxygen atoms in total. The first-order valence-electron chi connectivity index (χ1n) is 10.2. The van der Waals surface area contributed by atoms with E-state index >= 15 is 4.39 Å². The number of benzene rings is 1. The van der Waals surface area contributed by atoms with E-state index in [0.717, 1.165) is 28.2 Å². The first-order chi connectivity index (χ1) is 14.6. The van der Waals surface area contributed by atoms with E-state index in [4.69, 9.17) is 5.11 Å². The second-order valence-electron chi connectivity index (χ2n) is 8.72. The number of carboxylic acid groups (broad SMARTS) is 1. The minimum atomic E-state index is -1.48. The number of H-pyrrole nitrogens is 1. The zero-order chi connectivity index (χ0) is 22.3. The van der Waals surface area contributed by atoms with Gasteiger partial charge in [0.25, 0.3) is 0 Å². The van der Waals surface area contributed by atoms with Crippen molar-refractivity contribution in [1.82, 2.24) is 14.9 Å². The number of aliphatic carboxylic acids is 1. The molecule has 0 unspecified atom stereocenters. The third-order valence-corrected chi connectivity index (χ3v) is 5.64. The number of carboxylic acids is 1. The topological polar surface area (TPSA) is 69.2 Å². The Hall–Kier alpha value is -3.06. The highest BCUT2D eigenvalue weighted by molar-refractivity contribution is 5.86. The molecule has 1 aromatic carbocycles. The number of halogens is 2. The molecule has 0 spiro atoms. The summed E-state index contributed by atoms with van der Waals surface area (Å²) in [6.45, 7) is 5.17. The fourth-order valence-corrected chi connectivity index (χ4v) is 4.41. The lowest BCUT2D eigenvalue weighted by molar-refractivity contribution is -0.131. The molecule has 3 heterocycles. The molecule has 162 valence electrons. The molecule has 0 saturated heterocycles. The molecule has 2 N–H and O–H groups in total. The molecular weight excluding hydrogens is 400 g/mol. The third-order valence-electron chi connectivity index (χ3n) is 5.64. The van der Waals surface area contributed by atoms with Gasteiger partial charge < -0.3 is 10.1 Å². The highest BCUT2D eigenvalue weighted by Crippen LogP contribution is 2.41. The van der Waals surface area contributed by atoms with Crippen molar-refractivity contribution >= 4 is 22.9 Å². The molecule has 1 aliphatic rings. The maximum absolute atomic E-state index is 15.3. The van der Waals surface area contributed by atoms with Crippen molar-refractivity contribution in [2.45, 2.75) is 44.9 Å². The highest BCUT2D eigenvalue weighted by Gasteiger charge is 2.40. The molecule has 2 atom stereocenters. The molecule has 2 aromatic heterocycles. The summed E-state index contributed by atoms with van der Waals surface area (Å²) in [5.74, 6) is -1.68. The molecule has 1 aliphatic heterocycles. The molecule has 0 saturated carbocycles. The number of rotatable bonds is 5. The van der Waals surface area contributed by atoms with E-state index in [1.807, 2.05) is 36.1 Å². The Morgan fingerprint density at radius 3 is 2.81 bits per heavy atom. The van der Waals surface area contributed by atoms with Crippen LogP contribution in [0.15, 0.2) is 42.6 Å². The average Bonchev–Trinajstić information content (AvgIpc) is 3.05. The van der Waals surface area contributed by atoms with Crippen LogP contribution in [0.5, 0.6) is 0 Å². The smallest absolute Gasteiger partial charge is 0.328 e. The van der Waals surface area contributed by atoms with Crippen LogP contribution in [0.4, 0.5) is 8.78 Å². The molecule has 3 aromatic rings. The standard InChI is InChI=1S/C24H25F2N3O2/c1-14-10-17-16-6-4-5-7-19(16)28-21(17)23(29(14)13-24(2,3)26)22-18(25)11-15(12-27-22)8-9-20(30)31/h4-9,11-12,14,23,28H,10,13H2,1-3H3,(H,30,31)/b9-8+/t14-,23+/m1/s1. The zero-order valence-electron chi connectivity index (χ0n) is 17.7. The molecule has 0 fully saturated rings. The number of hydrogen-bond acceptors (Lipinski definition) is 3. The van der Waals surface area contributed by atoms with Gasteiger partial charge in [-0.05, 0) is 56.5 Å². The van der Waals surface area contributed by atoms with Crippen LogP contribution < -0.4 is 0 Å². The lowest BCUT2D eigenvalue weighted by Gasteiger charge is -2.42. The normalized spacial score (nSPS) is 19.8. The van der Waals surface area contributed by atoms with Crippen molar-refractivity contribution in [2.75, 3.05) is 6.54 Å². The van der Waals surface area contributed by atoms with E-state index in [1.54, 1.807) is 0 Å². The Kier molecular flexibility index (Phi) is 5.39. The van der Waals surface area contributed by atoms with Crippen LogP contribution >= 0.6 is 0 Å². The van der Waals surface area contributed by atoms with Crippen molar-refractivity contribution in [3.8, 4) is 0 Å². The molecule has 7 heteroatoms.